The van der Waals surface area contributed by atoms with Gasteiger partial charge in [-0.3, -0.25) is 0 Å². The van der Waals surface area contributed by atoms with Crippen molar-refractivity contribution >= 4 is 5.95 Å². The average Bonchev–Trinajstić information content (AvgIpc) is 3.05. The minimum absolute atomic E-state index is 0.107. The summed E-state index contributed by atoms with van der Waals surface area (Å²) >= 11 is 0. The molecule has 132 valence electrons. The highest BCUT2D eigenvalue weighted by atomic mass is 19.1. The predicted molar refractivity (Wildman–Crippen MR) is 90.0 cm³/mol. The minimum Gasteiger partial charge on any atom is -0.475 e. The van der Waals surface area contributed by atoms with E-state index in [9.17, 15) is 4.39 Å². The molecule has 0 aliphatic carbocycles. The zero-order valence-corrected chi connectivity index (χ0v) is 14.0. The summed E-state index contributed by atoms with van der Waals surface area (Å²) in [6.07, 6.45) is 7.31. The summed E-state index contributed by atoms with van der Waals surface area (Å²) in [7, 11) is 0. The number of rotatable bonds is 4. The summed E-state index contributed by atoms with van der Waals surface area (Å²) in [5, 5.41) is 0. The Morgan fingerprint density at radius 1 is 1.20 bits per heavy atom. The van der Waals surface area contributed by atoms with Crippen molar-refractivity contribution in [1.29, 1.82) is 0 Å². The number of pyridine rings is 1. The van der Waals surface area contributed by atoms with E-state index in [4.69, 9.17) is 9.47 Å². The highest BCUT2D eigenvalue weighted by Crippen LogP contribution is 2.42. The van der Waals surface area contributed by atoms with Crippen LogP contribution in [-0.4, -0.2) is 47.4 Å². The van der Waals surface area contributed by atoms with Crippen molar-refractivity contribution in [2.75, 3.05) is 31.2 Å². The molecule has 0 saturated carbocycles. The van der Waals surface area contributed by atoms with Crippen LogP contribution in [0.3, 0.4) is 0 Å². The van der Waals surface area contributed by atoms with Gasteiger partial charge in [-0.25, -0.2) is 19.3 Å². The summed E-state index contributed by atoms with van der Waals surface area (Å²) in [6, 6.07) is 5.63. The van der Waals surface area contributed by atoms with Crippen LogP contribution in [0.2, 0.25) is 0 Å². The standard InChI is InChI=1S/C18H21FN4O2/c19-14-10-21-17(22-11-14)23-7-4-18(5-8-23)9-15(25-13-18)12-24-16-3-1-2-6-20-16/h1-3,6,10-11,15H,4-5,7-9,12-13H2/t15-/m0/s1. The van der Waals surface area contributed by atoms with Crippen LogP contribution in [0.25, 0.3) is 0 Å². The van der Waals surface area contributed by atoms with Gasteiger partial charge in [0.15, 0.2) is 5.82 Å². The van der Waals surface area contributed by atoms with Crippen LogP contribution in [0.5, 0.6) is 5.88 Å². The monoisotopic (exact) mass is 344 g/mol. The number of aromatic nitrogens is 3. The summed E-state index contributed by atoms with van der Waals surface area (Å²) in [5.74, 6) is 0.831. The average molecular weight is 344 g/mol. The Bertz CT molecular complexity index is 690. The molecule has 2 saturated heterocycles. The number of nitrogens with zero attached hydrogens (tertiary/aromatic N) is 4. The first-order valence-corrected chi connectivity index (χ1v) is 8.60. The zero-order chi connectivity index (χ0) is 17.1. The summed E-state index contributed by atoms with van der Waals surface area (Å²) < 4.78 is 24.7. The Morgan fingerprint density at radius 3 is 2.72 bits per heavy atom. The third kappa shape index (κ3) is 3.71. The van der Waals surface area contributed by atoms with Crippen LogP contribution in [-0.2, 0) is 4.74 Å². The van der Waals surface area contributed by atoms with E-state index in [1.165, 1.54) is 12.4 Å². The Kier molecular flexibility index (Phi) is 4.48. The van der Waals surface area contributed by atoms with Gasteiger partial charge in [0, 0.05) is 25.4 Å². The van der Waals surface area contributed by atoms with Crippen LogP contribution in [0.4, 0.5) is 10.3 Å². The molecule has 2 aromatic heterocycles. The quantitative estimate of drug-likeness (QED) is 0.849. The fourth-order valence-corrected chi connectivity index (χ4v) is 3.61. The highest BCUT2D eigenvalue weighted by molar-refractivity contribution is 5.29. The Balaban J connectivity index is 1.29. The molecule has 0 bridgehead atoms. The second-order valence-electron chi connectivity index (χ2n) is 6.80. The molecule has 4 heterocycles. The van der Waals surface area contributed by atoms with Crippen molar-refractivity contribution in [2.45, 2.75) is 25.4 Å². The molecular formula is C18H21FN4O2. The maximum absolute atomic E-state index is 13.0. The van der Waals surface area contributed by atoms with Crippen LogP contribution in [0.1, 0.15) is 19.3 Å². The topological polar surface area (TPSA) is 60.4 Å². The van der Waals surface area contributed by atoms with Gasteiger partial charge in [-0.15, -0.1) is 0 Å². The van der Waals surface area contributed by atoms with Crippen LogP contribution >= 0.6 is 0 Å². The second kappa shape index (κ2) is 6.92. The fraction of sp³-hybridized carbons (Fsp3) is 0.500. The molecule has 6 nitrogen and oxygen atoms in total. The van der Waals surface area contributed by atoms with Gasteiger partial charge >= 0.3 is 0 Å². The Morgan fingerprint density at radius 2 is 2.00 bits per heavy atom. The fourth-order valence-electron chi connectivity index (χ4n) is 3.61. The molecule has 2 aliphatic heterocycles. The van der Waals surface area contributed by atoms with Crippen LogP contribution in [0, 0.1) is 11.2 Å². The van der Waals surface area contributed by atoms with E-state index in [0.29, 0.717) is 18.4 Å². The SMILES string of the molecule is Fc1cnc(N2CCC3(CC2)CO[C@H](COc2ccccn2)C3)nc1. The lowest BCUT2D eigenvalue weighted by atomic mass is 9.77. The van der Waals surface area contributed by atoms with Crippen molar-refractivity contribution in [3.05, 3.63) is 42.6 Å². The molecule has 0 N–H and O–H groups in total. The van der Waals surface area contributed by atoms with E-state index < -0.39 is 5.82 Å². The van der Waals surface area contributed by atoms with E-state index >= 15 is 0 Å². The smallest absolute Gasteiger partial charge is 0.225 e. The van der Waals surface area contributed by atoms with Gasteiger partial charge in [0.05, 0.1) is 25.1 Å². The first-order valence-electron chi connectivity index (χ1n) is 8.60. The van der Waals surface area contributed by atoms with Gasteiger partial charge in [0.1, 0.15) is 6.61 Å². The third-order valence-corrected chi connectivity index (χ3v) is 5.05. The molecule has 0 radical (unpaired) electrons. The molecule has 1 atom stereocenters. The van der Waals surface area contributed by atoms with E-state index in [-0.39, 0.29) is 11.5 Å². The molecule has 2 aliphatic rings. The lowest BCUT2D eigenvalue weighted by Gasteiger charge is -2.38. The maximum Gasteiger partial charge on any atom is 0.225 e. The van der Waals surface area contributed by atoms with E-state index in [0.717, 1.165) is 39.0 Å². The van der Waals surface area contributed by atoms with Crippen molar-refractivity contribution in [3.63, 3.8) is 0 Å². The van der Waals surface area contributed by atoms with Gasteiger partial charge in [-0.2, -0.15) is 0 Å². The molecule has 7 heteroatoms. The lowest BCUT2D eigenvalue weighted by Crippen LogP contribution is -2.41. The molecular weight excluding hydrogens is 323 g/mol. The number of hydrogen-bond donors (Lipinski definition) is 0. The van der Waals surface area contributed by atoms with Gasteiger partial charge in [0.25, 0.3) is 0 Å². The van der Waals surface area contributed by atoms with Gasteiger partial charge in [0.2, 0.25) is 11.8 Å². The molecule has 1 spiro atoms. The highest BCUT2D eigenvalue weighted by Gasteiger charge is 2.43. The summed E-state index contributed by atoms with van der Waals surface area (Å²) in [6.45, 7) is 3.02. The first-order chi connectivity index (χ1) is 12.2. The van der Waals surface area contributed by atoms with Crippen molar-refractivity contribution in [2.24, 2.45) is 5.41 Å². The second-order valence-corrected chi connectivity index (χ2v) is 6.80. The lowest BCUT2D eigenvalue weighted by molar-refractivity contribution is 0.0565. The molecule has 0 amide bonds. The van der Waals surface area contributed by atoms with Gasteiger partial charge in [-0.1, -0.05) is 6.07 Å². The predicted octanol–water partition coefficient (Wildman–Crippen LogP) is 2.47. The first kappa shape index (κ1) is 16.2. The number of hydrogen-bond acceptors (Lipinski definition) is 6. The number of piperidine rings is 1. The van der Waals surface area contributed by atoms with Crippen LogP contribution in [0.15, 0.2) is 36.8 Å². The molecule has 25 heavy (non-hydrogen) atoms. The molecule has 2 aromatic rings. The van der Waals surface area contributed by atoms with Crippen molar-refractivity contribution in [3.8, 4) is 5.88 Å². The number of ether oxygens (including phenoxy) is 2. The van der Waals surface area contributed by atoms with E-state index in [1.54, 1.807) is 6.20 Å². The van der Waals surface area contributed by atoms with Gasteiger partial charge < -0.3 is 14.4 Å². The number of halogens is 1. The van der Waals surface area contributed by atoms with Gasteiger partial charge in [-0.05, 0) is 30.7 Å². The maximum atomic E-state index is 13.0. The van der Waals surface area contributed by atoms with E-state index in [1.807, 2.05) is 18.2 Å². The molecule has 0 unspecified atom stereocenters. The normalized spacial score (nSPS) is 22.3. The van der Waals surface area contributed by atoms with E-state index in [2.05, 4.69) is 19.9 Å². The number of anilines is 1. The van der Waals surface area contributed by atoms with Crippen molar-refractivity contribution < 1.29 is 13.9 Å². The van der Waals surface area contributed by atoms with Crippen molar-refractivity contribution in [1.82, 2.24) is 15.0 Å². The molecule has 4 rings (SSSR count). The Labute approximate surface area is 146 Å². The zero-order valence-electron chi connectivity index (χ0n) is 14.0. The Hall–Kier alpha value is -2.28. The summed E-state index contributed by atoms with van der Waals surface area (Å²) in [5.41, 5.74) is 0.203. The molecule has 2 fully saturated rings. The van der Waals surface area contributed by atoms with Crippen LogP contribution < -0.4 is 9.64 Å². The minimum atomic E-state index is -0.405. The largest absolute Gasteiger partial charge is 0.475 e. The molecule has 0 aromatic carbocycles. The third-order valence-electron chi connectivity index (χ3n) is 5.05. The summed E-state index contributed by atoms with van der Waals surface area (Å²) in [4.78, 5) is 14.4.